The molecule has 0 radical (unpaired) electrons. The van der Waals surface area contributed by atoms with Gasteiger partial charge in [-0.25, -0.2) is 0 Å². The van der Waals surface area contributed by atoms with Gasteiger partial charge in [0.25, 0.3) is 5.91 Å². The molecule has 3 nitrogen and oxygen atoms in total. The van der Waals surface area contributed by atoms with E-state index in [9.17, 15) is 18.0 Å². The fourth-order valence-corrected chi connectivity index (χ4v) is 2.20. The molecule has 0 spiro atoms. The van der Waals surface area contributed by atoms with Gasteiger partial charge in [-0.1, -0.05) is 30.7 Å². The van der Waals surface area contributed by atoms with Crippen molar-refractivity contribution in [1.82, 2.24) is 0 Å². The second-order valence-corrected chi connectivity index (χ2v) is 5.48. The number of hydrogen-bond acceptors (Lipinski definition) is 2. The van der Waals surface area contributed by atoms with Crippen LogP contribution in [0.4, 0.5) is 18.9 Å². The summed E-state index contributed by atoms with van der Waals surface area (Å²) >= 11 is 5.85. The van der Waals surface area contributed by atoms with Gasteiger partial charge in [0.05, 0.1) is 5.56 Å². The topological polar surface area (TPSA) is 38.3 Å². The lowest BCUT2D eigenvalue weighted by Gasteiger charge is -2.18. The molecule has 0 bridgehead atoms. The van der Waals surface area contributed by atoms with Crippen molar-refractivity contribution in [3.63, 3.8) is 0 Å². The van der Waals surface area contributed by atoms with Crippen molar-refractivity contribution in [1.29, 1.82) is 0 Å². The van der Waals surface area contributed by atoms with E-state index < -0.39 is 23.8 Å². The number of ether oxygens (including phenoxy) is 1. The first-order valence-corrected chi connectivity index (χ1v) is 7.57. The zero-order valence-electron chi connectivity index (χ0n) is 12.7. The maximum Gasteiger partial charge on any atom is 0.416 e. The molecule has 0 heterocycles. The highest BCUT2D eigenvalue weighted by Crippen LogP contribution is 2.30. The lowest BCUT2D eigenvalue weighted by molar-refractivity contribution is -0.137. The van der Waals surface area contributed by atoms with Gasteiger partial charge >= 0.3 is 6.18 Å². The number of benzene rings is 2. The van der Waals surface area contributed by atoms with Gasteiger partial charge in [-0.3, -0.25) is 4.79 Å². The third-order valence-electron chi connectivity index (χ3n) is 3.20. The molecule has 0 saturated carbocycles. The second-order valence-electron chi connectivity index (χ2n) is 5.04. The van der Waals surface area contributed by atoms with Crippen LogP contribution in [-0.4, -0.2) is 12.0 Å². The molecule has 2 rings (SSSR count). The van der Waals surface area contributed by atoms with Crippen molar-refractivity contribution in [2.75, 3.05) is 5.32 Å². The number of hydrogen-bond donors (Lipinski definition) is 1. The van der Waals surface area contributed by atoms with Gasteiger partial charge in [-0.2, -0.15) is 13.2 Å². The summed E-state index contributed by atoms with van der Waals surface area (Å²) < 4.78 is 43.7. The van der Waals surface area contributed by atoms with Gasteiger partial charge in [0.1, 0.15) is 5.75 Å². The molecule has 0 saturated heterocycles. The maximum absolute atomic E-state index is 12.7. The summed E-state index contributed by atoms with van der Waals surface area (Å²) in [4.78, 5) is 12.2. The Morgan fingerprint density at radius 1 is 1.21 bits per heavy atom. The van der Waals surface area contributed by atoms with Crippen LogP contribution in [0.5, 0.6) is 5.75 Å². The molecular weight excluding hydrogens is 343 g/mol. The van der Waals surface area contributed by atoms with Gasteiger partial charge in [0.15, 0.2) is 6.10 Å². The van der Waals surface area contributed by atoms with E-state index in [1.165, 1.54) is 12.1 Å². The highest BCUT2D eigenvalue weighted by molar-refractivity contribution is 6.30. The summed E-state index contributed by atoms with van der Waals surface area (Å²) in [5, 5.41) is 2.90. The SMILES string of the molecule is CC[C@H](Oc1cccc(Cl)c1)C(=O)Nc1cccc(C(F)(F)F)c1. The van der Waals surface area contributed by atoms with Crippen LogP contribution in [0.2, 0.25) is 5.02 Å². The third-order valence-corrected chi connectivity index (χ3v) is 3.43. The number of halogens is 4. The van der Waals surface area contributed by atoms with Crippen LogP contribution in [0.3, 0.4) is 0 Å². The summed E-state index contributed by atoms with van der Waals surface area (Å²) in [6, 6.07) is 11.0. The number of rotatable bonds is 5. The predicted molar refractivity (Wildman–Crippen MR) is 86.2 cm³/mol. The summed E-state index contributed by atoms with van der Waals surface area (Å²) in [6.07, 6.45) is -4.97. The molecule has 128 valence electrons. The first-order valence-electron chi connectivity index (χ1n) is 7.20. The Morgan fingerprint density at radius 3 is 2.54 bits per heavy atom. The van der Waals surface area contributed by atoms with Gasteiger partial charge in [0.2, 0.25) is 0 Å². The van der Waals surface area contributed by atoms with E-state index in [1.54, 1.807) is 31.2 Å². The Labute approximate surface area is 142 Å². The minimum absolute atomic E-state index is 0.0583. The monoisotopic (exact) mass is 357 g/mol. The van der Waals surface area contributed by atoms with Crippen LogP contribution in [0.15, 0.2) is 48.5 Å². The molecule has 2 aromatic rings. The van der Waals surface area contributed by atoms with Crippen LogP contribution in [0, 0.1) is 0 Å². The number of carbonyl (C=O) groups excluding carboxylic acids is 1. The fourth-order valence-electron chi connectivity index (χ4n) is 2.02. The molecule has 7 heteroatoms. The molecule has 1 atom stereocenters. The lowest BCUT2D eigenvalue weighted by atomic mass is 10.2. The average molecular weight is 358 g/mol. The number of anilines is 1. The lowest BCUT2D eigenvalue weighted by Crippen LogP contribution is -2.32. The minimum Gasteiger partial charge on any atom is -0.481 e. The summed E-state index contributed by atoms with van der Waals surface area (Å²) in [6.45, 7) is 1.74. The van der Waals surface area contributed by atoms with E-state index in [1.807, 2.05) is 0 Å². The van der Waals surface area contributed by atoms with Crippen LogP contribution >= 0.6 is 11.6 Å². The Kier molecular flexibility index (Phi) is 5.72. The Balaban J connectivity index is 2.09. The van der Waals surface area contributed by atoms with E-state index in [0.29, 0.717) is 17.2 Å². The molecule has 0 unspecified atom stereocenters. The minimum atomic E-state index is -4.47. The first kappa shape index (κ1) is 18.1. The zero-order chi connectivity index (χ0) is 17.7. The smallest absolute Gasteiger partial charge is 0.416 e. The van der Waals surface area contributed by atoms with E-state index in [-0.39, 0.29) is 5.69 Å². The van der Waals surface area contributed by atoms with Crippen molar-refractivity contribution in [2.45, 2.75) is 25.6 Å². The van der Waals surface area contributed by atoms with Crippen LogP contribution < -0.4 is 10.1 Å². The molecule has 0 aliphatic rings. The molecule has 1 amide bonds. The molecule has 0 fully saturated rings. The molecule has 0 aromatic heterocycles. The number of amides is 1. The number of carbonyl (C=O) groups is 1. The molecule has 0 aliphatic heterocycles. The van der Waals surface area contributed by atoms with E-state index in [0.717, 1.165) is 12.1 Å². The highest BCUT2D eigenvalue weighted by atomic mass is 35.5. The summed E-state index contributed by atoms with van der Waals surface area (Å²) in [5.41, 5.74) is -0.771. The normalized spacial score (nSPS) is 12.5. The summed E-state index contributed by atoms with van der Waals surface area (Å²) in [7, 11) is 0. The average Bonchev–Trinajstić information content (AvgIpc) is 2.52. The third kappa shape index (κ3) is 4.89. The fraction of sp³-hybridized carbons (Fsp3) is 0.235. The summed E-state index contributed by atoms with van der Waals surface area (Å²) in [5.74, 6) is -0.120. The van der Waals surface area contributed by atoms with Crippen molar-refractivity contribution >= 4 is 23.2 Å². The van der Waals surface area contributed by atoms with Crippen molar-refractivity contribution in [3.05, 3.63) is 59.1 Å². The molecular formula is C17H15ClF3NO2. The predicted octanol–water partition coefficient (Wildman–Crippen LogP) is 5.15. The van der Waals surface area contributed by atoms with Crippen LogP contribution in [0.25, 0.3) is 0 Å². The maximum atomic E-state index is 12.7. The van der Waals surface area contributed by atoms with E-state index in [2.05, 4.69) is 5.32 Å². The van der Waals surface area contributed by atoms with Gasteiger partial charge < -0.3 is 10.1 Å². The molecule has 2 aromatic carbocycles. The van der Waals surface area contributed by atoms with Gasteiger partial charge in [0, 0.05) is 10.7 Å². The Bertz CT molecular complexity index is 719. The van der Waals surface area contributed by atoms with Gasteiger partial charge in [-0.05, 0) is 42.8 Å². The largest absolute Gasteiger partial charge is 0.481 e. The second kappa shape index (κ2) is 7.57. The number of nitrogens with one attached hydrogen (secondary N) is 1. The van der Waals surface area contributed by atoms with Crippen LogP contribution in [-0.2, 0) is 11.0 Å². The quantitative estimate of drug-likeness (QED) is 0.803. The Hall–Kier alpha value is -2.21. The van der Waals surface area contributed by atoms with Crippen LogP contribution in [0.1, 0.15) is 18.9 Å². The highest BCUT2D eigenvalue weighted by Gasteiger charge is 2.30. The zero-order valence-corrected chi connectivity index (χ0v) is 13.5. The van der Waals surface area contributed by atoms with Gasteiger partial charge in [-0.15, -0.1) is 0 Å². The van der Waals surface area contributed by atoms with Crippen molar-refractivity contribution in [3.8, 4) is 5.75 Å². The standard InChI is InChI=1S/C17H15ClF3NO2/c1-2-15(24-14-8-4-6-12(18)10-14)16(23)22-13-7-3-5-11(9-13)17(19,20)21/h3-10,15H,2H2,1H3,(H,22,23)/t15-/m0/s1. The molecule has 0 aliphatic carbocycles. The Morgan fingerprint density at radius 2 is 1.92 bits per heavy atom. The van der Waals surface area contributed by atoms with E-state index in [4.69, 9.17) is 16.3 Å². The number of alkyl halides is 3. The van der Waals surface area contributed by atoms with E-state index >= 15 is 0 Å². The molecule has 1 N–H and O–H groups in total. The molecule has 24 heavy (non-hydrogen) atoms. The van der Waals surface area contributed by atoms with Crippen molar-refractivity contribution < 1.29 is 22.7 Å². The van der Waals surface area contributed by atoms with Crippen molar-refractivity contribution in [2.24, 2.45) is 0 Å². The first-order chi connectivity index (χ1) is 11.3.